The van der Waals surface area contributed by atoms with Crippen LogP contribution in [0.15, 0.2) is 23.3 Å². The van der Waals surface area contributed by atoms with Crippen molar-refractivity contribution >= 4 is 5.96 Å². The Hall–Kier alpha value is -1.66. The van der Waals surface area contributed by atoms with Crippen LogP contribution in [-0.4, -0.2) is 61.3 Å². The third-order valence-corrected chi connectivity index (χ3v) is 4.08. The number of rotatable bonds is 6. The second-order valence-corrected chi connectivity index (χ2v) is 5.84. The van der Waals surface area contributed by atoms with E-state index in [4.69, 9.17) is 4.74 Å². The summed E-state index contributed by atoms with van der Waals surface area (Å²) in [4.78, 5) is 11.5. The number of aromatic nitrogens is 1. The van der Waals surface area contributed by atoms with Gasteiger partial charge < -0.3 is 15.4 Å². The first-order valence-corrected chi connectivity index (χ1v) is 8.45. The topological polar surface area (TPSA) is 61.8 Å². The molecule has 0 saturated carbocycles. The summed E-state index contributed by atoms with van der Waals surface area (Å²) in [5.41, 5.74) is 2.19. The van der Waals surface area contributed by atoms with Crippen molar-refractivity contribution < 1.29 is 4.74 Å². The van der Waals surface area contributed by atoms with Gasteiger partial charge in [-0.25, -0.2) is 4.99 Å². The van der Waals surface area contributed by atoms with E-state index < -0.39 is 0 Å². The fourth-order valence-corrected chi connectivity index (χ4v) is 2.57. The van der Waals surface area contributed by atoms with Gasteiger partial charge in [0.1, 0.15) is 0 Å². The highest BCUT2D eigenvalue weighted by Gasteiger charge is 2.16. The van der Waals surface area contributed by atoms with E-state index in [1.807, 2.05) is 12.3 Å². The van der Waals surface area contributed by atoms with Crippen molar-refractivity contribution in [3.8, 4) is 0 Å². The van der Waals surface area contributed by atoms with Crippen LogP contribution in [-0.2, 0) is 11.3 Å². The Morgan fingerprint density at radius 1 is 1.39 bits per heavy atom. The van der Waals surface area contributed by atoms with Crippen LogP contribution in [0, 0.1) is 6.92 Å². The summed E-state index contributed by atoms with van der Waals surface area (Å²) in [6, 6.07) is 4.48. The van der Waals surface area contributed by atoms with Gasteiger partial charge in [-0.3, -0.25) is 9.88 Å². The summed E-state index contributed by atoms with van der Waals surface area (Å²) >= 11 is 0. The average molecular weight is 319 g/mol. The first-order chi connectivity index (χ1) is 11.2. The normalized spacial score (nSPS) is 17.8. The molecular weight excluding hydrogens is 290 g/mol. The molecular formula is C17H29N5O. The van der Waals surface area contributed by atoms with Gasteiger partial charge in [0, 0.05) is 38.4 Å². The van der Waals surface area contributed by atoms with E-state index >= 15 is 0 Å². The molecule has 0 spiro atoms. The number of aryl methyl sites for hydroxylation is 1. The van der Waals surface area contributed by atoms with E-state index in [2.05, 4.69) is 52.3 Å². The van der Waals surface area contributed by atoms with Crippen LogP contribution in [0.25, 0.3) is 0 Å². The van der Waals surface area contributed by atoms with Gasteiger partial charge >= 0.3 is 0 Å². The highest BCUT2D eigenvalue weighted by Crippen LogP contribution is 2.05. The number of hydrogen-bond acceptors (Lipinski definition) is 4. The third-order valence-electron chi connectivity index (χ3n) is 4.08. The predicted molar refractivity (Wildman–Crippen MR) is 93.6 cm³/mol. The summed E-state index contributed by atoms with van der Waals surface area (Å²) in [5, 5.41) is 6.73. The molecule has 0 aromatic carbocycles. The van der Waals surface area contributed by atoms with Gasteiger partial charge in [-0.2, -0.15) is 0 Å². The lowest BCUT2D eigenvalue weighted by molar-refractivity contribution is 0.0211. The fourth-order valence-electron chi connectivity index (χ4n) is 2.57. The molecule has 0 amide bonds. The largest absolute Gasteiger partial charge is 0.379 e. The highest BCUT2D eigenvalue weighted by atomic mass is 16.5. The van der Waals surface area contributed by atoms with E-state index in [0.717, 1.165) is 51.0 Å². The van der Waals surface area contributed by atoms with Gasteiger partial charge in [-0.15, -0.1) is 0 Å². The number of nitrogens with zero attached hydrogens (tertiary/aromatic N) is 3. The van der Waals surface area contributed by atoms with Crippen molar-refractivity contribution in [3.05, 3.63) is 29.6 Å². The fraction of sp³-hybridized carbons (Fsp3) is 0.647. The molecule has 6 nitrogen and oxygen atoms in total. The smallest absolute Gasteiger partial charge is 0.191 e. The molecule has 128 valence electrons. The lowest BCUT2D eigenvalue weighted by Gasteiger charge is -2.32. The number of pyridine rings is 1. The van der Waals surface area contributed by atoms with Gasteiger partial charge in [0.05, 0.1) is 25.5 Å². The summed E-state index contributed by atoms with van der Waals surface area (Å²) in [7, 11) is 0. The lowest BCUT2D eigenvalue weighted by atomic mass is 10.2. The Morgan fingerprint density at radius 3 is 2.87 bits per heavy atom. The maximum Gasteiger partial charge on any atom is 0.191 e. The molecule has 1 aliphatic rings. The van der Waals surface area contributed by atoms with Gasteiger partial charge in [-0.05, 0) is 32.4 Å². The van der Waals surface area contributed by atoms with Gasteiger partial charge in [-0.1, -0.05) is 6.07 Å². The van der Waals surface area contributed by atoms with E-state index in [9.17, 15) is 0 Å². The van der Waals surface area contributed by atoms with E-state index in [0.29, 0.717) is 12.6 Å². The number of morpholine rings is 1. The summed E-state index contributed by atoms with van der Waals surface area (Å²) in [6.07, 6.45) is 1.82. The molecule has 1 aromatic rings. The van der Waals surface area contributed by atoms with Crippen molar-refractivity contribution in [1.29, 1.82) is 0 Å². The van der Waals surface area contributed by atoms with Gasteiger partial charge in [0.25, 0.3) is 0 Å². The minimum Gasteiger partial charge on any atom is -0.379 e. The number of ether oxygens (including phenoxy) is 1. The van der Waals surface area contributed by atoms with E-state index in [1.165, 1.54) is 5.56 Å². The number of aliphatic imine (C=N–C) groups is 1. The Kier molecular flexibility index (Phi) is 7.29. The molecule has 1 fully saturated rings. The molecule has 0 bridgehead atoms. The Balaban J connectivity index is 1.87. The Morgan fingerprint density at radius 2 is 2.17 bits per heavy atom. The van der Waals surface area contributed by atoms with Crippen molar-refractivity contribution in [2.45, 2.75) is 33.4 Å². The molecule has 1 aromatic heterocycles. The molecule has 2 heterocycles. The van der Waals surface area contributed by atoms with Crippen molar-refractivity contribution in [2.24, 2.45) is 4.99 Å². The minimum atomic E-state index is 0.458. The molecule has 6 heteroatoms. The van der Waals surface area contributed by atoms with Crippen LogP contribution >= 0.6 is 0 Å². The first kappa shape index (κ1) is 17.7. The van der Waals surface area contributed by atoms with E-state index in [1.54, 1.807) is 0 Å². The number of guanidine groups is 1. The maximum atomic E-state index is 5.41. The van der Waals surface area contributed by atoms with Crippen molar-refractivity contribution in [3.63, 3.8) is 0 Å². The monoisotopic (exact) mass is 319 g/mol. The second-order valence-electron chi connectivity index (χ2n) is 5.84. The van der Waals surface area contributed by atoms with Crippen LogP contribution in [0.5, 0.6) is 0 Å². The van der Waals surface area contributed by atoms with Crippen molar-refractivity contribution in [2.75, 3.05) is 39.4 Å². The molecule has 2 N–H and O–H groups in total. The quantitative estimate of drug-likeness (QED) is 0.609. The van der Waals surface area contributed by atoms with Crippen LogP contribution < -0.4 is 10.6 Å². The SMILES string of the molecule is CCNC(=NCc1ncccc1C)NCC(C)N1CCOCC1. The lowest BCUT2D eigenvalue weighted by Crippen LogP contribution is -2.49. The van der Waals surface area contributed by atoms with Crippen LogP contribution in [0.2, 0.25) is 0 Å². The van der Waals surface area contributed by atoms with Crippen LogP contribution in [0.1, 0.15) is 25.1 Å². The van der Waals surface area contributed by atoms with Crippen LogP contribution in [0.4, 0.5) is 0 Å². The molecule has 2 rings (SSSR count). The highest BCUT2D eigenvalue weighted by molar-refractivity contribution is 5.79. The van der Waals surface area contributed by atoms with Gasteiger partial charge in [0.2, 0.25) is 0 Å². The zero-order chi connectivity index (χ0) is 16.5. The molecule has 1 atom stereocenters. The zero-order valence-electron chi connectivity index (χ0n) is 14.5. The average Bonchev–Trinajstić information content (AvgIpc) is 2.59. The molecule has 0 aliphatic carbocycles. The Bertz CT molecular complexity index is 500. The number of nitrogens with one attached hydrogen (secondary N) is 2. The molecule has 0 radical (unpaired) electrons. The van der Waals surface area contributed by atoms with Crippen molar-refractivity contribution in [1.82, 2.24) is 20.5 Å². The van der Waals surface area contributed by atoms with Gasteiger partial charge in [0.15, 0.2) is 5.96 Å². The first-order valence-electron chi connectivity index (χ1n) is 8.45. The Labute approximate surface area is 139 Å². The zero-order valence-corrected chi connectivity index (χ0v) is 14.5. The summed E-state index contributed by atoms with van der Waals surface area (Å²) < 4.78 is 5.41. The third kappa shape index (κ3) is 5.80. The van der Waals surface area contributed by atoms with E-state index in [-0.39, 0.29) is 0 Å². The predicted octanol–water partition coefficient (Wildman–Crippen LogP) is 1.17. The number of hydrogen-bond donors (Lipinski definition) is 2. The molecule has 1 unspecified atom stereocenters. The molecule has 1 saturated heterocycles. The summed E-state index contributed by atoms with van der Waals surface area (Å²) in [5.74, 6) is 0.845. The summed E-state index contributed by atoms with van der Waals surface area (Å²) in [6.45, 7) is 12.4. The van der Waals surface area contributed by atoms with Crippen LogP contribution in [0.3, 0.4) is 0 Å². The standard InChI is InChI=1S/C17H29N5O/c1-4-18-17(21-13-16-14(2)6-5-7-19-16)20-12-15(3)22-8-10-23-11-9-22/h5-7,15H,4,8-13H2,1-3H3,(H2,18,20,21). The molecule has 1 aliphatic heterocycles. The molecule has 23 heavy (non-hydrogen) atoms. The maximum absolute atomic E-state index is 5.41. The second kappa shape index (κ2) is 9.47. The minimum absolute atomic E-state index is 0.458.